The van der Waals surface area contributed by atoms with Gasteiger partial charge < -0.3 is 10.0 Å². The second-order valence-electron chi connectivity index (χ2n) is 5.28. The van der Waals surface area contributed by atoms with Crippen LogP contribution in [0.5, 0.6) is 0 Å². The Morgan fingerprint density at radius 1 is 1.30 bits per heavy atom. The van der Waals surface area contributed by atoms with Crippen molar-refractivity contribution in [2.45, 2.75) is 19.2 Å². The fourth-order valence-electron chi connectivity index (χ4n) is 2.60. The van der Waals surface area contributed by atoms with Crippen LogP contribution >= 0.6 is 23.4 Å². The van der Waals surface area contributed by atoms with E-state index < -0.39 is 5.72 Å². The van der Waals surface area contributed by atoms with Crippen LogP contribution in [0, 0.1) is 0 Å². The molecule has 1 saturated heterocycles. The predicted molar refractivity (Wildman–Crippen MR) is 95.6 cm³/mol. The third-order valence-electron chi connectivity index (χ3n) is 3.81. The quantitative estimate of drug-likeness (QED) is 0.919. The minimum Gasteiger partial charge on any atom is -0.366 e. The number of benzene rings is 1. The van der Waals surface area contributed by atoms with Gasteiger partial charge in [-0.15, -0.1) is 0 Å². The molecule has 1 fully saturated rings. The van der Waals surface area contributed by atoms with E-state index in [0.717, 1.165) is 16.4 Å². The average molecular weight is 348 g/mol. The molecule has 6 heteroatoms. The number of hydrogen-bond donors (Lipinski definition) is 1. The molecule has 1 unspecified atom stereocenters. The van der Waals surface area contributed by atoms with Gasteiger partial charge in [0.1, 0.15) is 0 Å². The topological polar surface area (TPSA) is 48.7 Å². The molecule has 0 radical (unpaired) electrons. The smallest absolute Gasteiger partial charge is 0.175 e. The van der Waals surface area contributed by atoms with E-state index in [1.165, 1.54) is 0 Å². The largest absolute Gasteiger partial charge is 0.366 e. The van der Waals surface area contributed by atoms with E-state index in [2.05, 4.69) is 9.98 Å². The van der Waals surface area contributed by atoms with Crippen LogP contribution in [0.3, 0.4) is 0 Å². The highest BCUT2D eigenvalue weighted by Gasteiger charge is 2.43. The van der Waals surface area contributed by atoms with Crippen molar-refractivity contribution in [2.24, 2.45) is 4.99 Å². The van der Waals surface area contributed by atoms with Crippen molar-refractivity contribution in [1.82, 2.24) is 9.88 Å². The number of halogens is 1. The Kier molecular flexibility index (Phi) is 4.90. The highest BCUT2D eigenvalue weighted by molar-refractivity contribution is 8.14. The number of pyridine rings is 1. The molecule has 1 aromatic heterocycles. The van der Waals surface area contributed by atoms with Gasteiger partial charge in [0, 0.05) is 23.3 Å². The third kappa shape index (κ3) is 3.37. The van der Waals surface area contributed by atoms with Crippen LogP contribution in [0.1, 0.15) is 18.2 Å². The molecule has 120 valence electrons. The fraction of sp³-hybridized carbons (Fsp3) is 0.294. The van der Waals surface area contributed by atoms with Crippen molar-refractivity contribution >= 4 is 28.5 Å². The molecule has 2 heterocycles. The Morgan fingerprint density at radius 3 is 2.74 bits per heavy atom. The van der Waals surface area contributed by atoms with Crippen LogP contribution in [0.4, 0.5) is 0 Å². The van der Waals surface area contributed by atoms with Gasteiger partial charge in [0.15, 0.2) is 10.9 Å². The van der Waals surface area contributed by atoms with Gasteiger partial charge in [-0.05, 0) is 31.2 Å². The summed E-state index contributed by atoms with van der Waals surface area (Å²) in [5.74, 6) is 0.545. The zero-order valence-corrected chi connectivity index (χ0v) is 14.4. The van der Waals surface area contributed by atoms with Crippen LogP contribution in [-0.4, -0.2) is 32.5 Å². The van der Waals surface area contributed by atoms with Crippen molar-refractivity contribution in [2.75, 3.05) is 12.3 Å². The first kappa shape index (κ1) is 16.3. The SMILES string of the molecule is CCN1C(=NCc2ccccn2)SCC1(O)c1ccc(Cl)cc1. The van der Waals surface area contributed by atoms with E-state index in [-0.39, 0.29) is 0 Å². The van der Waals surface area contributed by atoms with E-state index >= 15 is 0 Å². The molecule has 0 amide bonds. The second-order valence-corrected chi connectivity index (χ2v) is 6.66. The van der Waals surface area contributed by atoms with Crippen molar-refractivity contribution in [3.05, 3.63) is 64.9 Å². The highest BCUT2D eigenvalue weighted by Crippen LogP contribution is 2.39. The number of amidine groups is 1. The Hall–Kier alpha value is -1.56. The molecule has 0 aliphatic carbocycles. The molecule has 0 spiro atoms. The fourth-order valence-corrected chi connectivity index (χ4v) is 3.97. The normalized spacial score (nSPS) is 22.7. The van der Waals surface area contributed by atoms with Gasteiger partial charge in [-0.2, -0.15) is 0 Å². The molecule has 0 bridgehead atoms. The summed E-state index contributed by atoms with van der Waals surface area (Å²) >= 11 is 7.51. The van der Waals surface area contributed by atoms with E-state index in [4.69, 9.17) is 11.6 Å². The van der Waals surface area contributed by atoms with Crippen LogP contribution < -0.4 is 0 Å². The third-order valence-corrected chi connectivity index (χ3v) is 5.21. The summed E-state index contributed by atoms with van der Waals surface area (Å²) in [6.45, 7) is 3.20. The standard InChI is InChI=1S/C17H18ClN3OS/c1-2-21-16(20-11-15-5-3-4-10-19-15)23-12-17(21,22)13-6-8-14(18)9-7-13/h3-10,22H,2,11-12H2,1H3. The first-order valence-electron chi connectivity index (χ1n) is 7.46. The van der Waals surface area contributed by atoms with Gasteiger partial charge in [-0.3, -0.25) is 9.98 Å². The molecule has 1 aromatic carbocycles. The van der Waals surface area contributed by atoms with Gasteiger partial charge in [0.05, 0.1) is 18.0 Å². The van der Waals surface area contributed by atoms with Gasteiger partial charge in [-0.1, -0.05) is 41.6 Å². The molecule has 1 aliphatic heterocycles. The molecule has 23 heavy (non-hydrogen) atoms. The lowest BCUT2D eigenvalue weighted by molar-refractivity contribution is -0.0453. The maximum absolute atomic E-state index is 11.1. The Morgan fingerprint density at radius 2 is 2.09 bits per heavy atom. The molecule has 1 aliphatic rings. The highest BCUT2D eigenvalue weighted by atomic mass is 35.5. The number of aliphatic imine (C=N–C) groups is 1. The lowest BCUT2D eigenvalue weighted by atomic mass is 10.0. The molecule has 1 N–H and O–H groups in total. The summed E-state index contributed by atoms with van der Waals surface area (Å²) in [7, 11) is 0. The van der Waals surface area contributed by atoms with Crippen molar-refractivity contribution in [3.8, 4) is 0 Å². The summed E-state index contributed by atoms with van der Waals surface area (Å²) < 4.78 is 0. The molecule has 2 aromatic rings. The summed E-state index contributed by atoms with van der Waals surface area (Å²) in [6.07, 6.45) is 1.76. The zero-order valence-electron chi connectivity index (χ0n) is 12.8. The van der Waals surface area contributed by atoms with E-state index in [1.54, 1.807) is 30.1 Å². The Bertz CT molecular complexity index is 693. The van der Waals surface area contributed by atoms with Crippen molar-refractivity contribution in [1.29, 1.82) is 0 Å². The average Bonchev–Trinajstić information content (AvgIpc) is 2.91. The first-order valence-corrected chi connectivity index (χ1v) is 8.83. The summed E-state index contributed by atoms with van der Waals surface area (Å²) in [5, 5.41) is 12.7. The monoisotopic (exact) mass is 347 g/mol. The molecule has 3 rings (SSSR count). The Balaban J connectivity index is 1.83. The predicted octanol–water partition coefficient (Wildman–Crippen LogP) is 3.51. The number of rotatable bonds is 4. The molecular weight excluding hydrogens is 330 g/mol. The first-order chi connectivity index (χ1) is 11.1. The van der Waals surface area contributed by atoms with Crippen LogP contribution in [0.25, 0.3) is 0 Å². The van der Waals surface area contributed by atoms with Gasteiger partial charge >= 0.3 is 0 Å². The van der Waals surface area contributed by atoms with Crippen LogP contribution in [-0.2, 0) is 12.3 Å². The summed E-state index contributed by atoms with van der Waals surface area (Å²) in [6, 6.07) is 13.1. The minimum absolute atomic E-state index is 0.510. The summed E-state index contributed by atoms with van der Waals surface area (Å²) in [5.41, 5.74) is 0.699. The lowest BCUT2D eigenvalue weighted by Crippen LogP contribution is -2.44. The maximum Gasteiger partial charge on any atom is 0.175 e. The molecule has 0 saturated carbocycles. The van der Waals surface area contributed by atoms with Crippen LogP contribution in [0.15, 0.2) is 53.7 Å². The van der Waals surface area contributed by atoms with Crippen LogP contribution in [0.2, 0.25) is 5.02 Å². The number of nitrogens with zero attached hydrogens (tertiary/aromatic N) is 3. The Labute approximate surface area is 145 Å². The van der Waals surface area contributed by atoms with Gasteiger partial charge in [0.25, 0.3) is 0 Å². The minimum atomic E-state index is -1.05. The molecule has 1 atom stereocenters. The number of hydrogen-bond acceptors (Lipinski definition) is 4. The van der Waals surface area contributed by atoms with Crippen molar-refractivity contribution < 1.29 is 5.11 Å². The lowest BCUT2D eigenvalue weighted by Gasteiger charge is -2.33. The number of aromatic nitrogens is 1. The second kappa shape index (κ2) is 6.91. The van der Waals surface area contributed by atoms with E-state index in [9.17, 15) is 5.11 Å². The number of thioether (sulfide) groups is 1. The van der Waals surface area contributed by atoms with Gasteiger partial charge in [0.2, 0.25) is 0 Å². The maximum atomic E-state index is 11.1. The van der Waals surface area contributed by atoms with E-state index in [1.807, 2.05) is 42.2 Å². The number of aliphatic hydroxyl groups is 1. The summed E-state index contributed by atoms with van der Waals surface area (Å²) in [4.78, 5) is 10.9. The zero-order chi connectivity index (χ0) is 16.3. The van der Waals surface area contributed by atoms with E-state index in [0.29, 0.717) is 23.9 Å². The van der Waals surface area contributed by atoms with Gasteiger partial charge in [-0.25, -0.2) is 0 Å². The molecular formula is C17H18ClN3OS. The molecule has 4 nitrogen and oxygen atoms in total. The van der Waals surface area contributed by atoms with Crippen molar-refractivity contribution in [3.63, 3.8) is 0 Å².